The van der Waals surface area contributed by atoms with Crippen LogP contribution in [-0.4, -0.2) is 93.3 Å². The van der Waals surface area contributed by atoms with Crippen molar-refractivity contribution in [3.8, 4) is 0 Å². The molecule has 0 amide bonds. The number of alkyl halides is 3. The van der Waals surface area contributed by atoms with E-state index in [9.17, 15) is 13.2 Å². The van der Waals surface area contributed by atoms with Crippen molar-refractivity contribution >= 4 is 5.96 Å². The highest BCUT2D eigenvalue weighted by Crippen LogP contribution is 2.15. The van der Waals surface area contributed by atoms with Crippen molar-refractivity contribution < 1.29 is 13.2 Å². The molecule has 136 valence electrons. The molecule has 0 radical (unpaired) electrons. The molecule has 1 N–H and O–H groups in total. The third kappa shape index (κ3) is 8.41. The van der Waals surface area contributed by atoms with Crippen molar-refractivity contribution in [2.75, 3.05) is 66.5 Å². The van der Waals surface area contributed by atoms with Crippen molar-refractivity contribution in [3.05, 3.63) is 0 Å². The van der Waals surface area contributed by atoms with Gasteiger partial charge in [-0.25, -0.2) is 0 Å². The third-order valence-electron chi connectivity index (χ3n) is 3.73. The van der Waals surface area contributed by atoms with E-state index in [4.69, 9.17) is 0 Å². The number of aliphatic imine (C=N–C) groups is 1. The fourth-order valence-corrected chi connectivity index (χ4v) is 2.73. The first-order valence-corrected chi connectivity index (χ1v) is 8.14. The van der Waals surface area contributed by atoms with Crippen molar-refractivity contribution in [1.29, 1.82) is 0 Å². The number of nitrogens with one attached hydrogen (secondary N) is 1. The van der Waals surface area contributed by atoms with Gasteiger partial charge < -0.3 is 10.2 Å². The molecule has 0 bridgehead atoms. The Hall–Kier alpha value is -1.02. The van der Waals surface area contributed by atoms with Gasteiger partial charge in [0.25, 0.3) is 0 Å². The summed E-state index contributed by atoms with van der Waals surface area (Å²) < 4.78 is 36.8. The van der Waals surface area contributed by atoms with Crippen LogP contribution in [0, 0.1) is 5.92 Å². The third-order valence-corrected chi connectivity index (χ3v) is 3.73. The Labute approximate surface area is 137 Å². The van der Waals surface area contributed by atoms with Crippen LogP contribution in [-0.2, 0) is 0 Å². The highest BCUT2D eigenvalue weighted by Gasteiger charge is 2.29. The van der Waals surface area contributed by atoms with Gasteiger partial charge in [-0.2, -0.15) is 13.2 Å². The Kier molecular flexibility index (Phi) is 8.11. The molecule has 23 heavy (non-hydrogen) atoms. The number of halogens is 3. The predicted octanol–water partition coefficient (Wildman–Crippen LogP) is 1.33. The molecule has 0 aromatic carbocycles. The van der Waals surface area contributed by atoms with Crippen LogP contribution >= 0.6 is 0 Å². The molecule has 1 aliphatic rings. The molecule has 0 aromatic heterocycles. The number of guanidine groups is 1. The Morgan fingerprint density at radius 1 is 1.22 bits per heavy atom. The summed E-state index contributed by atoms with van der Waals surface area (Å²) in [6.45, 7) is 9.18. The van der Waals surface area contributed by atoms with Gasteiger partial charge in [-0.05, 0) is 13.0 Å². The Bertz CT molecular complexity index is 363. The number of hydrogen-bond donors (Lipinski definition) is 1. The molecule has 0 aliphatic carbocycles. The van der Waals surface area contributed by atoms with E-state index in [1.807, 2.05) is 0 Å². The maximum absolute atomic E-state index is 12.3. The Morgan fingerprint density at radius 3 is 2.30 bits per heavy atom. The SMILES string of the molecule is CN=C(NCCN(C)CC(F)(F)F)N1CCN(CC(C)C)CC1. The molecule has 1 fully saturated rings. The first-order chi connectivity index (χ1) is 10.7. The first-order valence-electron chi connectivity index (χ1n) is 8.14. The molecule has 1 aliphatic heterocycles. The zero-order valence-corrected chi connectivity index (χ0v) is 14.7. The fraction of sp³-hybridized carbons (Fsp3) is 0.933. The van der Waals surface area contributed by atoms with Crippen LogP contribution < -0.4 is 5.32 Å². The minimum absolute atomic E-state index is 0.325. The molecular formula is C15H30F3N5. The maximum atomic E-state index is 12.3. The normalized spacial score (nSPS) is 18.1. The molecule has 8 heteroatoms. The number of piperazine rings is 1. The van der Waals surface area contributed by atoms with Gasteiger partial charge in [0.1, 0.15) is 0 Å². The van der Waals surface area contributed by atoms with Gasteiger partial charge in [-0.3, -0.25) is 14.8 Å². The lowest BCUT2D eigenvalue weighted by atomic mass is 10.2. The van der Waals surface area contributed by atoms with E-state index in [2.05, 4.69) is 34.0 Å². The first kappa shape index (κ1) is 20.0. The van der Waals surface area contributed by atoms with Gasteiger partial charge in [0.2, 0.25) is 0 Å². The van der Waals surface area contributed by atoms with Gasteiger partial charge in [-0.15, -0.1) is 0 Å². The van der Waals surface area contributed by atoms with E-state index in [0.29, 0.717) is 19.0 Å². The predicted molar refractivity (Wildman–Crippen MR) is 87.8 cm³/mol. The molecule has 0 unspecified atom stereocenters. The summed E-state index contributed by atoms with van der Waals surface area (Å²) in [6.07, 6.45) is -4.15. The second-order valence-electron chi connectivity index (χ2n) is 6.51. The second-order valence-corrected chi connectivity index (χ2v) is 6.51. The number of nitrogens with zero attached hydrogens (tertiary/aromatic N) is 4. The summed E-state index contributed by atoms with van der Waals surface area (Å²) in [5.41, 5.74) is 0. The maximum Gasteiger partial charge on any atom is 0.401 e. The van der Waals surface area contributed by atoms with Crippen molar-refractivity contribution in [2.24, 2.45) is 10.9 Å². The Balaban J connectivity index is 2.30. The van der Waals surface area contributed by atoms with Crippen LogP contribution in [0.1, 0.15) is 13.8 Å². The summed E-state index contributed by atoms with van der Waals surface area (Å²) in [4.78, 5) is 10.1. The van der Waals surface area contributed by atoms with Crippen molar-refractivity contribution in [3.63, 3.8) is 0 Å². The summed E-state index contributed by atoms with van der Waals surface area (Å²) in [6, 6.07) is 0. The minimum Gasteiger partial charge on any atom is -0.355 e. The van der Waals surface area contributed by atoms with E-state index in [1.165, 1.54) is 11.9 Å². The largest absolute Gasteiger partial charge is 0.401 e. The van der Waals surface area contributed by atoms with Gasteiger partial charge >= 0.3 is 6.18 Å². The lowest BCUT2D eigenvalue weighted by Crippen LogP contribution is -2.53. The van der Waals surface area contributed by atoms with Gasteiger partial charge in [0.05, 0.1) is 6.54 Å². The van der Waals surface area contributed by atoms with E-state index < -0.39 is 12.7 Å². The van der Waals surface area contributed by atoms with Gasteiger partial charge in [0.15, 0.2) is 5.96 Å². The molecule has 1 rings (SSSR count). The zero-order chi connectivity index (χ0) is 17.5. The quantitative estimate of drug-likeness (QED) is 0.586. The monoisotopic (exact) mass is 337 g/mol. The number of likely N-dealkylation sites (N-methyl/N-ethyl adjacent to an activating group) is 1. The molecule has 5 nitrogen and oxygen atoms in total. The highest BCUT2D eigenvalue weighted by molar-refractivity contribution is 5.80. The minimum atomic E-state index is -4.15. The average Bonchev–Trinajstić information content (AvgIpc) is 2.42. The van der Waals surface area contributed by atoms with Crippen molar-refractivity contribution in [1.82, 2.24) is 20.0 Å². The highest BCUT2D eigenvalue weighted by atomic mass is 19.4. The van der Waals surface area contributed by atoms with Crippen LogP contribution in [0.25, 0.3) is 0 Å². The molecule has 1 heterocycles. The zero-order valence-electron chi connectivity index (χ0n) is 14.7. The molecule has 0 saturated carbocycles. The lowest BCUT2D eigenvalue weighted by Gasteiger charge is -2.37. The van der Waals surface area contributed by atoms with Crippen LogP contribution in [0.15, 0.2) is 4.99 Å². The van der Waals surface area contributed by atoms with E-state index >= 15 is 0 Å². The molecule has 0 spiro atoms. The van der Waals surface area contributed by atoms with E-state index in [0.717, 1.165) is 38.7 Å². The lowest BCUT2D eigenvalue weighted by molar-refractivity contribution is -0.142. The molecular weight excluding hydrogens is 307 g/mol. The number of hydrogen-bond acceptors (Lipinski definition) is 3. The summed E-state index contributed by atoms with van der Waals surface area (Å²) in [5.74, 6) is 1.43. The summed E-state index contributed by atoms with van der Waals surface area (Å²) in [7, 11) is 3.19. The van der Waals surface area contributed by atoms with E-state index in [1.54, 1.807) is 7.05 Å². The van der Waals surface area contributed by atoms with Crippen LogP contribution in [0.2, 0.25) is 0 Å². The summed E-state index contributed by atoms with van der Waals surface area (Å²) in [5, 5.41) is 3.16. The fourth-order valence-electron chi connectivity index (χ4n) is 2.73. The van der Waals surface area contributed by atoms with Gasteiger partial charge in [-0.1, -0.05) is 13.8 Å². The summed E-state index contributed by atoms with van der Waals surface area (Å²) >= 11 is 0. The van der Waals surface area contributed by atoms with Crippen LogP contribution in [0.4, 0.5) is 13.2 Å². The van der Waals surface area contributed by atoms with Crippen LogP contribution in [0.3, 0.4) is 0 Å². The average molecular weight is 337 g/mol. The molecule has 0 atom stereocenters. The molecule has 0 aromatic rings. The topological polar surface area (TPSA) is 34.1 Å². The van der Waals surface area contributed by atoms with E-state index in [-0.39, 0.29) is 0 Å². The number of rotatable bonds is 6. The second kappa shape index (κ2) is 9.32. The van der Waals surface area contributed by atoms with Crippen LogP contribution in [0.5, 0.6) is 0 Å². The smallest absolute Gasteiger partial charge is 0.355 e. The van der Waals surface area contributed by atoms with Gasteiger partial charge in [0, 0.05) is 52.9 Å². The Morgan fingerprint density at radius 2 is 1.83 bits per heavy atom. The standard InChI is InChI=1S/C15H30F3N5/c1-13(2)11-22-7-9-23(10-8-22)14(19-3)20-5-6-21(4)12-15(16,17)18/h13H,5-12H2,1-4H3,(H,19,20). The molecule has 1 saturated heterocycles. The van der Waals surface area contributed by atoms with Crippen molar-refractivity contribution in [2.45, 2.75) is 20.0 Å².